The molecule has 2 atom stereocenters. The number of anilines is 1. The molecule has 0 spiro atoms. The molecule has 0 unspecified atom stereocenters. The van der Waals surface area contributed by atoms with Gasteiger partial charge in [-0.2, -0.15) is 0 Å². The highest BCUT2D eigenvalue weighted by molar-refractivity contribution is 6.01. The van der Waals surface area contributed by atoms with Gasteiger partial charge >= 0.3 is 6.03 Å². The number of ether oxygens (including phenoxy) is 1. The predicted molar refractivity (Wildman–Crippen MR) is 87.3 cm³/mol. The molecule has 2 aliphatic rings. The highest BCUT2D eigenvalue weighted by Gasteiger charge is 2.33. The molecule has 6 nitrogen and oxygen atoms in total. The van der Waals surface area contributed by atoms with Crippen molar-refractivity contribution in [3.05, 3.63) is 30.3 Å². The molecule has 2 heterocycles. The Morgan fingerprint density at radius 2 is 2.09 bits per heavy atom. The van der Waals surface area contributed by atoms with E-state index in [1.165, 1.54) is 0 Å². The number of para-hydroxylation sites is 1. The average Bonchev–Trinajstić information content (AvgIpc) is 3.19. The maximum Gasteiger partial charge on any atom is 0.315 e. The number of nitrogens with zero attached hydrogens (tertiary/aromatic N) is 1. The van der Waals surface area contributed by atoms with Crippen LogP contribution in [0, 0.1) is 0 Å². The molecule has 124 valence electrons. The molecule has 2 fully saturated rings. The van der Waals surface area contributed by atoms with Crippen molar-refractivity contribution in [2.45, 2.75) is 37.8 Å². The van der Waals surface area contributed by atoms with E-state index in [4.69, 9.17) is 4.74 Å². The van der Waals surface area contributed by atoms with Gasteiger partial charge < -0.3 is 20.3 Å². The first-order valence-electron chi connectivity index (χ1n) is 8.26. The van der Waals surface area contributed by atoms with E-state index in [2.05, 4.69) is 10.6 Å². The molecular weight excluding hydrogens is 294 g/mol. The van der Waals surface area contributed by atoms with Crippen molar-refractivity contribution in [3.63, 3.8) is 0 Å². The number of amides is 3. The van der Waals surface area contributed by atoms with Gasteiger partial charge in [0.15, 0.2) is 0 Å². The second kappa shape index (κ2) is 7.46. The largest absolute Gasteiger partial charge is 0.378 e. The molecular formula is C17H23N3O3. The predicted octanol–water partition coefficient (Wildman–Crippen LogP) is 1.66. The number of nitrogens with one attached hydrogen (secondary N) is 2. The highest BCUT2D eigenvalue weighted by atomic mass is 16.5. The number of hydrogen-bond donors (Lipinski definition) is 2. The molecule has 0 bridgehead atoms. The first-order chi connectivity index (χ1) is 11.2. The summed E-state index contributed by atoms with van der Waals surface area (Å²) in [6.45, 7) is 2.02. The third kappa shape index (κ3) is 4.01. The Morgan fingerprint density at radius 1 is 1.26 bits per heavy atom. The van der Waals surface area contributed by atoms with E-state index >= 15 is 0 Å². The minimum atomic E-state index is -0.446. The van der Waals surface area contributed by atoms with Crippen molar-refractivity contribution < 1.29 is 14.3 Å². The molecule has 3 rings (SSSR count). The van der Waals surface area contributed by atoms with Crippen LogP contribution in [0.4, 0.5) is 10.5 Å². The molecule has 0 radical (unpaired) electrons. The van der Waals surface area contributed by atoms with Crippen LogP contribution in [0.3, 0.4) is 0 Å². The van der Waals surface area contributed by atoms with Crippen LogP contribution in [-0.4, -0.2) is 43.8 Å². The van der Waals surface area contributed by atoms with Gasteiger partial charge in [-0.15, -0.1) is 0 Å². The van der Waals surface area contributed by atoms with Gasteiger partial charge in [-0.3, -0.25) is 4.79 Å². The van der Waals surface area contributed by atoms with Crippen LogP contribution in [0.15, 0.2) is 30.3 Å². The van der Waals surface area contributed by atoms with Crippen molar-refractivity contribution in [1.29, 1.82) is 0 Å². The Balaban J connectivity index is 1.43. The fourth-order valence-corrected chi connectivity index (χ4v) is 3.11. The van der Waals surface area contributed by atoms with Crippen LogP contribution < -0.4 is 15.5 Å². The standard InChI is InChI=1S/C17H23N3O3/c21-16-15(9-11-20(16)13-5-2-1-3-6-13)19-17(22)18-10-8-14-7-4-12-23-14/h1-3,5-6,14-15H,4,7-12H2,(H2,18,19,22)/t14-,15-/m1/s1. The smallest absolute Gasteiger partial charge is 0.315 e. The molecule has 2 aliphatic heterocycles. The van der Waals surface area contributed by atoms with Gasteiger partial charge in [0.05, 0.1) is 6.10 Å². The van der Waals surface area contributed by atoms with Crippen LogP contribution in [-0.2, 0) is 9.53 Å². The zero-order valence-corrected chi connectivity index (χ0v) is 13.2. The molecule has 2 saturated heterocycles. The maximum atomic E-state index is 12.4. The first kappa shape index (κ1) is 15.8. The van der Waals surface area contributed by atoms with E-state index in [0.717, 1.165) is 31.6 Å². The third-order valence-electron chi connectivity index (χ3n) is 4.35. The van der Waals surface area contributed by atoms with Crippen LogP contribution >= 0.6 is 0 Å². The number of carbonyl (C=O) groups is 2. The summed E-state index contributed by atoms with van der Waals surface area (Å²) in [6.07, 6.45) is 3.88. The molecule has 6 heteroatoms. The minimum absolute atomic E-state index is 0.0505. The fraction of sp³-hybridized carbons (Fsp3) is 0.529. The van der Waals surface area contributed by atoms with Gasteiger partial charge in [0, 0.05) is 25.4 Å². The molecule has 0 aliphatic carbocycles. The Labute approximate surface area is 136 Å². The zero-order valence-electron chi connectivity index (χ0n) is 13.2. The lowest BCUT2D eigenvalue weighted by atomic mass is 10.2. The summed E-state index contributed by atoms with van der Waals surface area (Å²) < 4.78 is 5.52. The van der Waals surface area contributed by atoms with Gasteiger partial charge in [0.25, 0.3) is 0 Å². The quantitative estimate of drug-likeness (QED) is 0.868. The molecule has 3 amide bonds. The van der Waals surface area contributed by atoms with Gasteiger partial charge in [-0.05, 0) is 37.8 Å². The van der Waals surface area contributed by atoms with Crippen molar-refractivity contribution >= 4 is 17.6 Å². The number of hydrogen-bond acceptors (Lipinski definition) is 3. The molecule has 0 saturated carbocycles. The second-order valence-corrected chi connectivity index (χ2v) is 5.99. The Hall–Kier alpha value is -2.08. The molecule has 1 aromatic rings. The first-order valence-corrected chi connectivity index (χ1v) is 8.26. The monoisotopic (exact) mass is 317 g/mol. The van der Waals surface area contributed by atoms with Crippen LogP contribution in [0.1, 0.15) is 25.7 Å². The summed E-state index contributed by atoms with van der Waals surface area (Å²) in [5.41, 5.74) is 0.876. The average molecular weight is 317 g/mol. The van der Waals surface area contributed by atoms with Crippen molar-refractivity contribution in [2.24, 2.45) is 0 Å². The van der Waals surface area contributed by atoms with Crippen LogP contribution in [0.25, 0.3) is 0 Å². The SMILES string of the molecule is O=C(NCC[C@H]1CCCO1)N[C@@H]1CCN(c2ccccc2)C1=O. The Morgan fingerprint density at radius 3 is 2.83 bits per heavy atom. The zero-order chi connectivity index (χ0) is 16.1. The minimum Gasteiger partial charge on any atom is -0.378 e. The topological polar surface area (TPSA) is 70.7 Å². The van der Waals surface area contributed by atoms with E-state index in [1.54, 1.807) is 4.90 Å². The normalized spacial score (nSPS) is 24.0. The maximum absolute atomic E-state index is 12.4. The molecule has 1 aromatic carbocycles. The van der Waals surface area contributed by atoms with Crippen LogP contribution in [0.5, 0.6) is 0 Å². The Bertz CT molecular complexity index is 543. The lowest BCUT2D eigenvalue weighted by molar-refractivity contribution is -0.118. The third-order valence-corrected chi connectivity index (χ3v) is 4.35. The van der Waals surface area contributed by atoms with Gasteiger partial charge in [-0.1, -0.05) is 18.2 Å². The van der Waals surface area contributed by atoms with Crippen molar-refractivity contribution in [2.75, 3.05) is 24.6 Å². The van der Waals surface area contributed by atoms with Gasteiger partial charge in [0.2, 0.25) is 5.91 Å². The van der Waals surface area contributed by atoms with E-state index in [9.17, 15) is 9.59 Å². The summed E-state index contributed by atoms with van der Waals surface area (Å²) in [5, 5.41) is 5.58. The van der Waals surface area contributed by atoms with Gasteiger partial charge in [0.1, 0.15) is 6.04 Å². The van der Waals surface area contributed by atoms with E-state index in [-0.39, 0.29) is 18.0 Å². The molecule has 2 N–H and O–H groups in total. The lowest BCUT2D eigenvalue weighted by Crippen LogP contribution is -2.46. The highest BCUT2D eigenvalue weighted by Crippen LogP contribution is 2.21. The number of urea groups is 1. The van der Waals surface area contributed by atoms with E-state index in [0.29, 0.717) is 19.5 Å². The summed E-state index contributed by atoms with van der Waals surface area (Å²) in [6, 6.07) is 8.81. The van der Waals surface area contributed by atoms with Crippen LogP contribution in [0.2, 0.25) is 0 Å². The summed E-state index contributed by atoms with van der Waals surface area (Å²) in [4.78, 5) is 26.0. The van der Waals surface area contributed by atoms with Crippen molar-refractivity contribution in [1.82, 2.24) is 10.6 Å². The van der Waals surface area contributed by atoms with E-state index < -0.39 is 6.04 Å². The lowest BCUT2D eigenvalue weighted by Gasteiger charge is -2.17. The number of benzene rings is 1. The summed E-state index contributed by atoms with van der Waals surface area (Å²) >= 11 is 0. The fourth-order valence-electron chi connectivity index (χ4n) is 3.11. The molecule has 0 aromatic heterocycles. The summed E-state index contributed by atoms with van der Waals surface area (Å²) in [5.74, 6) is -0.0505. The van der Waals surface area contributed by atoms with Gasteiger partial charge in [-0.25, -0.2) is 4.79 Å². The summed E-state index contributed by atoms with van der Waals surface area (Å²) in [7, 11) is 0. The Kier molecular flexibility index (Phi) is 5.12. The second-order valence-electron chi connectivity index (χ2n) is 5.99. The number of rotatable bonds is 5. The van der Waals surface area contributed by atoms with E-state index in [1.807, 2.05) is 30.3 Å². The molecule has 23 heavy (non-hydrogen) atoms. The van der Waals surface area contributed by atoms with Crippen molar-refractivity contribution in [3.8, 4) is 0 Å². The number of carbonyl (C=O) groups excluding carboxylic acids is 2.